The van der Waals surface area contributed by atoms with Gasteiger partial charge in [0, 0.05) is 51.5 Å². The lowest BCUT2D eigenvalue weighted by Crippen LogP contribution is -2.41. The van der Waals surface area contributed by atoms with Crippen molar-refractivity contribution in [2.75, 3.05) is 26.7 Å². The smallest absolute Gasteiger partial charge is 0.190 e. The lowest BCUT2D eigenvalue weighted by molar-refractivity contribution is 0.173. The van der Waals surface area contributed by atoms with E-state index >= 15 is 0 Å². The van der Waals surface area contributed by atoms with Gasteiger partial charge in [0.2, 0.25) is 0 Å². The Morgan fingerprint density at radius 1 is 1.17 bits per heavy atom. The molecule has 1 rings (SSSR count). The van der Waals surface area contributed by atoms with Crippen molar-refractivity contribution >= 4 is 5.96 Å². The molecule has 1 aromatic heterocycles. The van der Waals surface area contributed by atoms with Crippen LogP contribution in [0.2, 0.25) is 0 Å². The summed E-state index contributed by atoms with van der Waals surface area (Å²) in [6.07, 6.45) is 6.10. The Hall–Kier alpha value is -1.56. The Morgan fingerprint density at radius 2 is 1.79 bits per heavy atom. The van der Waals surface area contributed by atoms with E-state index < -0.39 is 0 Å². The van der Waals surface area contributed by atoms with Gasteiger partial charge in [0.05, 0.1) is 6.20 Å². The number of aryl methyl sites for hydroxylation is 2. The molecule has 0 bridgehead atoms. The van der Waals surface area contributed by atoms with E-state index in [1.165, 1.54) is 5.56 Å². The van der Waals surface area contributed by atoms with Crippen LogP contribution >= 0.6 is 0 Å². The molecule has 0 aliphatic rings. The Bertz CT molecular complexity index is 470. The molecule has 0 aliphatic heterocycles. The van der Waals surface area contributed by atoms with Gasteiger partial charge in [-0.15, -0.1) is 0 Å². The van der Waals surface area contributed by atoms with Gasteiger partial charge in [0.15, 0.2) is 5.96 Å². The highest BCUT2D eigenvalue weighted by molar-refractivity contribution is 5.79. The predicted octanol–water partition coefficient (Wildman–Crippen LogP) is 2.26. The average Bonchev–Trinajstić information content (AvgIpc) is 2.93. The van der Waals surface area contributed by atoms with Crippen LogP contribution in [0, 0.1) is 6.92 Å². The molecule has 0 unspecified atom stereocenters. The summed E-state index contributed by atoms with van der Waals surface area (Å²) in [5, 5.41) is 11.1. The maximum atomic E-state index is 4.30. The topological polar surface area (TPSA) is 57.5 Å². The van der Waals surface area contributed by atoms with Crippen molar-refractivity contribution in [1.29, 1.82) is 0 Å². The van der Waals surface area contributed by atoms with E-state index in [2.05, 4.69) is 66.4 Å². The van der Waals surface area contributed by atoms with Crippen LogP contribution in [0.15, 0.2) is 17.4 Å². The summed E-state index contributed by atoms with van der Waals surface area (Å²) in [6, 6.07) is 1.18. The normalized spacial score (nSPS) is 12.5. The largest absolute Gasteiger partial charge is 0.356 e. The third-order valence-corrected chi connectivity index (χ3v) is 4.05. The number of guanidine groups is 1. The quantitative estimate of drug-likeness (QED) is 0.391. The van der Waals surface area contributed by atoms with Crippen molar-refractivity contribution in [2.45, 2.75) is 66.1 Å². The third kappa shape index (κ3) is 7.81. The first kappa shape index (κ1) is 20.5. The summed E-state index contributed by atoms with van der Waals surface area (Å²) in [4.78, 5) is 6.80. The first-order chi connectivity index (χ1) is 11.4. The first-order valence-corrected chi connectivity index (χ1v) is 9.13. The highest BCUT2D eigenvalue weighted by Crippen LogP contribution is 2.05. The molecule has 24 heavy (non-hydrogen) atoms. The Labute approximate surface area is 147 Å². The average molecular weight is 337 g/mol. The molecular formula is C18H36N6. The zero-order valence-electron chi connectivity index (χ0n) is 16.3. The van der Waals surface area contributed by atoms with E-state index in [9.17, 15) is 0 Å². The van der Waals surface area contributed by atoms with Crippen molar-refractivity contribution in [2.24, 2.45) is 4.99 Å². The molecule has 6 heteroatoms. The summed E-state index contributed by atoms with van der Waals surface area (Å²) in [7, 11) is 1.82. The van der Waals surface area contributed by atoms with E-state index in [1.807, 2.05) is 17.9 Å². The van der Waals surface area contributed by atoms with Gasteiger partial charge in [-0.25, -0.2) is 0 Å². The van der Waals surface area contributed by atoms with Crippen LogP contribution in [0.5, 0.6) is 0 Å². The van der Waals surface area contributed by atoms with Crippen LogP contribution in [-0.4, -0.2) is 59.4 Å². The number of aliphatic imine (C=N–C) groups is 1. The van der Waals surface area contributed by atoms with Crippen molar-refractivity contribution in [3.05, 3.63) is 18.0 Å². The van der Waals surface area contributed by atoms with Crippen LogP contribution in [0.4, 0.5) is 0 Å². The molecule has 0 saturated carbocycles. The zero-order valence-corrected chi connectivity index (χ0v) is 16.3. The zero-order chi connectivity index (χ0) is 17.9. The third-order valence-electron chi connectivity index (χ3n) is 4.05. The molecule has 138 valence electrons. The number of hydrogen-bond donors (Lipinski definition) is 2. The molecule has 0 amide bonds. The Balaban J connectivity index is 2.16. The van der Waals surface area contributed by atoms with Crippen LogP contribution in [-0.2, 0) is 6.54 Å². The minimum absolute atomic E-state index is 0.591. The molecule has 1 heterocycles. The number of hydrogen-bond acceptors (Lipinski definition) is 3. The van der Waals surface area contributed by atoms with E-state index in [1.54, 1.807) is 0 Å². The van der Waals surface area contributed by atoms with Gasteiger partial charge in [0.25, 0.3) is 0 Å². The van der Waals surface area contributed by atoms with E-state index in [0.717, 1.165) is 45.0 Å². The lowest BCUT2D eigenvalue weighted by atomic mass is 10.2. The van der Waals surface area contributed by atoms with Crippen LogP contribution < -0.4 is 10.6 Å². The van der Waals surface area contributed by atoms with Gasteiger partial charge in [-0.1, -0.05) is 0 Å². The van der Waals surface area contributed by atoms with Gasteiger partial charge < -0.3 is 10.6 Å². The van der Waals surface area contributed by atoms with E-state index in [0.29, 0.717) is 12.1 Å². The van der Waals surface area contributed by atoms with Crippen LogP contribution in [0.1, 0.15) is 46.1 Å². The second kappa shape index (κ2) is 11.1. The highest BCUT2D eigenvalue weighted by atomic mass is 15.3. The minimum Gasteiger partial charge on any atom is -0.356 e. The Morgan fingerprint density at radius 3 is 2.29 bits per heavy atom. The number of aromatic nitrogens is 2. The molecule has 0 aromatic carbocycles. The number of nitrogens with zero attached hydrogens (tertiary/aromatic N) is 4. The summed E-state index contributed by atoms with van der Waals surface area (Å²) in [5.74, 6) is 0.882. The maximum absolute atomic E-state index is 4.30. The van der Waals surface area contributed by atoms with Crippen molar-refractivity contribution < 1.29 is 0 Å². The second-order valence-electron chi connectivity index (χ2n) is 6.84. The van der Waals surface area contributed by atoms with E-state index in [-0.39, 0.29) is 0 Å². The van der Waals surface area contributed by atoms with Crippen LogP contribution in [0.3, 0.4) is 0 Å². The van der Waals surface area contributed by atoms with Gasteiger partial charge in [-0.3, -0.25) is 14.6 Å². The van der Waals surface area contributed by atoms with Crippen LogP contribution in [0.25, 0.3) is 0 Å². The number of rotatable bonds is 10. The summed E-state index contributed by atoms with van der Waals surface area (Å²) >= 11 is 0. The standard InChI is InChI=1S/C18H36N6/c1-15(2)24(16(3)4)12-8-10-21-18(19-6)20-9-7-11-23-14-17(5)13-22-23/h13-16H,7-12H2,1-6H3,(H2,19,20,21). The maximum Gasteiger partial charge on any atom is 0.190 e. The fourth-order valence-corrected chi connectivity index (χ4v) is 2.84. The molecule has 0 atom stereocenters. The van der Waals surface area contributed by atoms with Crippen molar-refractivity contribution in [3.8, 4) is 0 Å². The molecule has 2 N–H and O–H groups in total. The molecular weight excluding hydrogens is 300 g/mol. The highest BCUT2D eigenvalue weighted by Gasteiger charge is 2.12. The second-order valence-corrected chi connectivity index (χ2v) is 6.84. The Kier molecular flexibility index (Phi) is 9.45. The van der Waals surface area contributed by atoms with Gasteiger partial charge in [-0.05, 0) is 53.0 Å². The molecule has 0 radical (unpaired) electrons. The SMILES string of the molecule is CN=C(NCCCN(C(C)C)C(C)C)NCCCn1cc(C)cn1. The van der Waals surface area contributed by atoms with E-state index in [4.69, 9.17) is 0 Å². The summed E-state index contributed by atoms with van der Waals surface area (Å²) in [6.45, 7) is 15.0. The van der Waals surface area contributed by atoms with Crippen molar-refractivity contribution in [1.82, 2.24) is 25.3 Å². The summed E-state index contributed by atoms with van der Waals surface area (Å²) in [5.41, 5.74) is 1.21. The van der Waals surface area contributed by atoms with Gasteiger partial charge in [0.1, 0.15) is 0 Å². The molecule has 1 aromatic rings. The predicted molar refractivity (Wildman–Crippen MR) is 103 cm³/mol. The van der Waals surface area contributed by atoms with Gasteiger partial charge in [-0.2, -0.15) is 5.10 Å². The monoisotopic (exact) mass is 336 g/mol. The van der Waals surface area contributed by atoms with Gasteiger partial charge >= 0.3 is 0 Å². The van der Waals surface area contributed by atoms with Crippen molar-refractivity contribution in [3.63, 3.8) is 0 Å². The molecule has 0 saturated heterocycles. The fourth-order valence-electron chi connectivity index (χ4n) is 2.84. The molecule has 0 aliphatic carbocycles. The molecule has 0 spiro atoms. The first-order valence-electron chi connectivity index (χ1n) is 9.13. The molecule has 6 nitrogen and oxygen atoms in total. The summed E-state index contributed by atoms with van der Waals surface area (Å²) < 4.78 is 1.99. The minimum atomic E-state index is 0.591. The number of nitrogens with one attached hydrogen (secondary N) is 2. The fraction of sp³-hybridized carbons (Fsp3) is 0.778. The lowest BCUT2D eigenvalue weighted by Gasteiger charge is -2.30. The molecule has 0 fully saturated rings.